The summed E-state index contributed by atoms with van der Waals surface area (Å²) in [5.74, 6) is 0. The van der Waals surface area contributed by atoms with E-state index in [2.05, 4.69) is 35.9 Å². The van der Waals surface area contributed by atoms with Gasteiger partial charge in [0.2, 0.25) is 0 Å². The quantitative estimate of drug-likeness (QED) is 0.770. The second-order valence-corrected chi connectivity index (χ2v) is 5.08. The number of hydrogen-bond donors (Lipinski definition) is 2. The van der Waals surface area contributed by atoms with Gasteiger partial charge in [-0.1, -0.05) is 20.8 Å². The summed E-state index contributed by atoms with van der Waals surface area (Å²) in [7, 11) is 0. The predicted octanol–water partition coefficient (Wildman–Crippen LogP) is 1.25. The van der Waals surface area contributed by atoms with Gasteiger partial charge in [0.25, 0.3) is 0 Å². The number of nitrogens with one attached hydrogen (secondary N) is 1. The normalized spacial score (nSPS) is 12.3. The first kappa shape index (κ1) is 12.2. The minimum absolute atomic E-state index is 0.199. The summed E-state index contributed by atoms with van der Waals surface area (Å²) in [5.41, 5.74) is 1.34. The Morgan fingerprint density at radius 2 is 2.20 bits per heavy atom. The van der Waals surface area contributed by atoms with E-state index in [-0.39, 0.29) is 12.0 Å². The lowest BCUT2D eigenvalue weighted by Gasteiger charge is -2.28. The molecule has 0 aliphatic rings. The molecular formula is C11H21N3O. The molecule has 86 valence electrons. The van der Waals surface area contributed by atoms with E-state index in [1.54, 1.807) is 6.20 Å². The van der Waals surface area contributed by atoms with Crippen molar-refractivity contribution in [3.05, 3.63) is 18.0 Å². The monoisotopic (exact) mass is 211 g/mol. The highest BCUT2D eigenvalue weighted by Gasteiger charge is 2.16. The van der Waals surface area contributed by atoms with Crippen LogP contribution in [-0.4, -0.2) is 39.9 Å². The summed E-state index contributed by atoms with van der Waals surface area (Å²) in [6, 6.07) is 1.97. The van der Waals surface area contributed by atoms with Gasteiger partial charge in [0.15, 0.2) is 0 Å². The van der Waals surface area contributed by atoms with E-state index < -0.39 is 0 Å². The van der Waals surface area contributed by atoms with Crippen LogP contribution in [0.2, 0.25) is 0 Å². The Bertz CT molecular complexity index is 264. The van der Waals surface area contributed by atoms with Crippen LogP contribution in [0.1, 0.15) is 26.5 Å². The second kappa shape index (κ2) is 5.28. The van der Waals surface area contributed by atoms with Crippen molar-refractivity contribution < 1.29 is 5.11 Å². The van der Waals surface area contributed by atoms with Crippen LogP contribution >= 0.6 is 0 Å². The fourth-order valence-corrected chi connectivity index (χ4v) is 1.64. The van der Waals surface area contributed by atoms with E-state index in [9.17, 15) is 0 Å². The molecule has 1 aromatic rings. The number of H-pyrrole nitrogens is 1. The highest BCUT2D eigenvalue weighted by atomic mass is 16.3. The molecule has 0 bridgehead atoms. The topological polar surface area (TPSA) is 52.1 Å². The first-order valence-electron chi connectivity index (χ1n) is 5.33. The van der Waals surface area contributed by atoms with Crippen molar-refractivity contribution in [3.63, 3.8) is 0 Å². The lowest BCUT2D eigenvalue weighted by Crippen LogP contribution is -2.34. The van der Waals surface area contributed by atoms with Crippen LogP contribution in [0.5, 0.6) is 0 Å². The minimum atomic E-state index is 0.199. The fraction of sp³-hybridized carbons (Fsp3) is 0.727. The van der Waals surface area contributed by atoms with Crippen molar-refractivity contribution in [2.45, 2.75) is 27.3 Å². The number of nitrogens with zero attached hydrogens (tertiary/aromatic N) is 2. The van der Waals surface area contributed by atoms with Gasteiger partial charge in [0.1, 0.15) is 0 Å². The Hall–Kier alpha value is -0.870. The van der Waals surface area contributed by atoms with E-state index in [1.165, 1.54) is 0 Å². The van der Waals surface area contributed by atoms with Crippen LogP contribution in [-0.2, 0) is 6.54 Å². The van der Waals surface area contributed by atoms with E-state index in [1.807, 2.05) is 6.07 Å². The van der Waals surface area contributed by atoms with Crippen LogP contribution in [0.4, 0.5) is 0 Å². The van der Waals surface area contributed by atoms with Gasteiger partial charge in [0.05, 0.1) is 6.61 Å². The fourth-order valence-electron chi connectivity index (χ4n) is 1.64. The number of aliphatic hydroxyl groups excluding tert-OH is 1. The molecule has 0 fully saturated rings. The van der Waals surface area contributed by atoms with Gasteiger partial charge in [-0.05, 0) is 11.5 Å². The third-order valence-electron chi connectivity index (χ3n) is 2.07. The van der Waals surface area contributed by atoms with Crippen molar-refractivity contribution in [1.29, 1.82) is 0 Å². The lowest BCUT2D eigenvalue weighted by molar-refractivity contribution is 0.145. The molecule has 0 aliphatic carbocycles. The third-order valence-corrected chi connectivity index (χ3v) is 2.07. The molecule has 0 unspecified atom stereocenters. The Morgan fingerprint density at radius 1 is 1.47 bits per heavy atom. The molecule has 0 amide bonds. The average Bonchev–Trinajstić information content (AvgIpc) is 2.54. The predicted molar refractivity (Wildman–Crippen MR) is 60.4 cm³/mol. The Morgan fingerprint density at radius 3 is 2.67 bits per heavy atom. The van der Waals surface area contributed by atoms with Crippen LogP contribution in [0.15, 0.2) is 12.3 Å². The van der Waals surface area contributed by atoms with E-state index in [0.29, 0.717) is 6.54 Å². The molecule has 0 saturated carbocycles. The molecule has 0 radical (unpaired) electrons. The summed E-state index contributed by atoms with van der Waals surface area (Å²) in [6.45, 7) is 9.28. The molecule has 4 heteroatoms. The molecule has 0 saturated heterocycles. The molecule has 0 aromatic carbocycles. The average molecular weight is 211 g/mol. The standard InChI is InChI=1S/C11H21N3O/c1-11(2,3)9-14(6-7-15)8-10-4-5-12-13-10/h4-5,15H,6-9H2,1-3H3,(H,12,13). The van der Waals surface area contributed by atoms with Crippen LogP contribution in [0.3, 0.4) is 0 Å². The van der Waals surface area contributed by atoms with Gasteiger partial charge in [0, 0.05) is 31.5 Å². The number of hydrogen-bond acceptors (Lipinski definition) is 3. The summed E-state index contributed by atoms with van der Waals surface area (Å²) < 4.78 is 0. The molecule has 0 spiro atoms. The maximum atomic E-state index is 8.99. The summed E-state index contributed by atoms with van der Waals surface area (Å²) in [5, 5.41) is 15.9. The molecule has 15 heavy (non-hydrogen) atoms. The molecular weight excluding hydrogens is 190 g/mol. The molecule has 0 atom stereocenters. The highest BCUT2D eigenvalue weighted by Crippen LogP contribution is 2.16. The van der Waals surface area contributed by atoms with Gasteiger partial charge in [-0.25, -0.2) is 0 Å². The first-order chi connectivity index (χ1) is 7.01. The molecule has 0 aliphatic heterocycles. The van der Waals surface area contributed by atoms with Gasteiger partial charge < -0.3 is 5.11 Å². The molecule has 1 heterocycles. The number of aromatic amines is 1. The van der Waals surface area contributed by atoms with Crippen LogP contribution in [0, 0.1) is 5.41 Å². The van der Waals surface area contributed by atoms with Crippen molar-refractivity contribution >= 4 is 0 Å². The lowest BCUT2D eigenvalue weighted by atomic mass is 9.96. The van der Waals surface area contributed by atoms with E-state index in [0.717, 1.165) is 18.8 Å². The van der Waals surface area contributed by atoms with E-state index >= 15 is 0 Å². The Kier molecular flexibility index (Phi) is 4.29. The van der Waals surface area contributed by atoms with Gasteiger partial charge >= 0.3 is 0 Å². The summed E-state index contributed by atoms with van der Waals surface area (Å²) >= 11 is 0. The number of aromatic nitrogens is 2. The zero-order valence-electron chi connectivity index (χ0n) is 9.82. The largest absolute Gasteiger partial charge is 0.395 e. The van der Waals surface area contributed by atoms with Crippen LogP contribution < -0.4 is 0 Å². The van der Waals surface area contributed by atoms with Crippen molar-refractivity contribution in [3.8, 4) is 0 Å². The third kappa shape index (κ3) is 4.95. The molecule has 1 rings (SSSR count). The van der Waals surface area contributed by atoms with Crippen molar-refractivity contribution in [2.75, 3.05) is 19.7 Å². The Labute approximate surface area is 91.3 Å². The highest BCUT2D eigenvalue weighted by molar-refractivity contribution is 4.97. The zero-order valence-corrected chi connectivity index (χ0v) is 9.82. The van der Waals surface area contributed by atoms with Gasteiger partial charge in [-0.2, -0.15) is 5.10 Å². The second-order valence-electron chi connectivity index (χ2n) is 5.08. The Balaban J connectivity index is 2.51. The van der Waals surface area contributed by atoms with Crippen LogP contribution in [0.25, 0.3) is 0 Å². The van der Waals surface area contributed by atoms with Gasteiger partial charge in [-0.15, -0.1) is 0 Å². The smallest absolute Gasteiger partial charge is 0.0558 e. The van der Waals surface area contributed by atoms with E-state index in [4.69, 9.17) is 5.11 Å². The first-order valence-corrected chi connectivity index (χ1v) is 5.33. The maximum absolute atomic E-state index is 8.99. The summed E-state index contributed by atoms with van der Waals surface area (Å²) in [4.78, 5) is 2.23. The van der Waals surface area contributed by atoms with Crippen molar-refractivity contribution in [1.82, 2.24) is 15.1 Å². The zero-order chi connectivity index (χ0) is 11.3. The minimum Gasteiger partial charge on any atom is -0.395 e. The molecule has 2 N–H and O–H groups in total. The molecule has 1 aromatic heterocycles. The van der Waals surface area contributed by atoms with Crippen molar-refractivity contribution in [2.24, 2.45) is 5.41 Å². The molecule has 4 nitrogen and oxygen atoms in total. The maximum Gasteiger partial charge on any atom is 0.0558 e. The summed E-state index contributed by atoms with van der Waals surface area (Å²) in [6.07, 6.45) is 1.75. The SMILES string of the molecule is CC(C)(C)CN(CCO)Cc1ccn[nH]1. The van der Waals surface area contributed by atoms with Gasteiger partial charge in [-0.3, -0.25) is 10.00 Å². The number of aliphatic hydroxyl groups is 1. The number of rotatable bonds is 5.